The molecule has 2 aliphatic rings. The Morgan fingerprint density at radius 3 is 2.85 bits per heavy atom. The first kappa shape index (κ1) is 11.5. The van der Waals surface area contributed by atoms with Crippen molar-refractivity contribution in [3.8, 4) is 0 Å². The summed E-state index contributed by atoms with van der Waals surface area (Å²) in [5.41, 5.74) is 2.35. The maximum Gasteiger partial charge on any atom is 0.277 e. The number of nitrogens with one attached hydrogen (secondary N) is 1. The highest BCUT2D eigenvalue weighted by Crippen LogP contribution is 2.46. The Balaban J connectivity index is 2.06. The van der Waals surface area contributed by atoms with E-state index < -0.39 is 0 Å². The van der Waals surface area contributed by atoms with Crippen molar-refractivity contribution in [3.05, 3.63) is 58.2 Å². The van der Waals surface area contributed by atoms with Crippen LogP contribution in [0.1, 0.15) is 17.9 Å². The molecule has 4 nitrogen and oxygen atoms in total. The highest BCUT2D eigenvalue weighted by Gasteiger charge is 2.33. The fourth-order valence-electron chi connectivity index (χ4n) is 3.49. The molecule has 0 saturated carbocycles. The van der Waals surface area contributed by atoms with Crippen LogP contribution in [0.2, 0.25) is 0 Å². The summed E-state index contributed by atoms with van der Waals surface area (Å²) < 4.78 is 0. The van der Waals surface area contributed by atoms with Crippen molar-refractivity contribution >= 4 is 22.1 Å². The Morgan fingerprint density at radius 2 is 2.05 bits per heavy atom. The highest BCUT2D eigenvalue weighted by atomic mass is 16.6. The first-order valence-corrected chi connectivity index (χ1v) is 6.86. The first-order valence-electron chi connectivity index (χ1n) is 6.86. The van der Waals surface area contributed by atoms with Crippen LogP contribution >= 0.6 is 0 Å². The summed E-state index contributed by atoms with van der Waals surface area (Å²) in [6, 6.07) is 9.34. The van der Waals surface area contributed by atoms with Crippen LogP contribution in [0, 0.1) is 16.0 Å². The normalized spacial score (nSPS) is 23.2. The third-order valence-electron chi connectivity index (χ3n) is 4.44. The SMILES string of the molecule is O=[N+]([O-])c1cc2c(c3ccccc13)NC[C@@H]1CC=C[C@H]21. The van der Waals surface area contributed by atoms with Gasteiger partial charge in [-0.15, -0.1) is 0 Å². The number of anilines is 1. The quantitative estimate of drug-likeness (QED) is 0.485. The predicted octanol–water partition coefficient (Wildman–Crippen LogP) is 3.83. The maximum absolute atomic E-state index is 11.4. The zero-order valence-electron chi connectivity index (χ0n) is 10.9. The summed E-state index contributed by atoms with van der Waals surface area (Å²) >= 11 is 0. The van der Waals surface area contributed by atoms with E-state index in [1.54, 1.807) is 6.07 Å². The topological polar surface area (TPSA) is 55.2 Å². The number of non-ortho nitro benzene ring substituents is 1. The Hall–Kier alpha value is -2.36. The summed E-state index contributed by atoms with van der Waals surface area (Å²) in [6.45, 7) is 0.937. The van der Waals surface area contributed by atoms with Gasteiger partial charge in [-0.1, -0.05) is 30.4 Å². The fourth-order valence-corrected chi connectivity index (χ4v) is 3.49. The second-order valence-electron chi connectivity index (χ2n) is 5.49. The molecule has 0 bridgehead atoms. The lowest BCUT2D eigenvalue weighted by atomic mass is 9.82. The van der Waals surface area contributed by atoms with E-state index in [0.29, 0.717) is 17.2 Å². The van der Waals surface area contributed by atoms with Crippen LogP contribution in [0.25, 0.3) is 10.8 Å². The lowest BCUT2D eigenvalue weighted by molar-refractivity contribution is -0.383. The molecule has 0 aromatic heterocycles. The largest absolute Gasteiger partial charge is 0.384 e. The maximum atomic E-state index is 11.4. The van der Waals surface area contributed by atoms with Crippen molar-refractivity contribution < 1.29 is 4.92 Å². The van der Waals surface area contributed by atoms with E-state index >= 15 is 0 Å². The van der Waals surface area contributed by atoms with Crippen molar-refractivity contribution in [1.29, 1.82) is 0 Å². The Kier molecular flexibility index (Phi) is 2.33. The van der Waals surface area contributed by atoms with Gasteiger partial charge in [0.05, 0.1) is 10.3 Å². The predicted molar refractivity (Wildman–Crippen MR) is 79.1 cm³/mol. The first-order chi connectivity index (χ1) is 9.75. The lowest BCUT2D eigenvalue weighted by Crippen LogP contribution is -2.24. The van der Waals surface area contributed by atoms with E-state index in [1.807, 2.05) is 24.3 Å². The molecular formula is C16H14N2O2. The van der Waals surface area contributed by atoms with E-state index in [4.69, 9.17) is 0 Å². The molecule has 4 heteroatoms. The van der Waals surface area contributed by atoms with E-state index in [-0.39, 0.29) is 10.6 Å². The van der Waals surface area contributed by atoms with E-state index in [1.165, 1.54) is 0 Å². The molecule has 0 unspecified atom stereocenters. The van der Waals surface area contributed by atoms with Crippen LogP contribution in [0.4, 0.5) is 11.4 Å². The van der Waals surface area contributed by atoms with Gasteiger partial charge in [0.2, 0.25) is 0 Å². The highest BCUT2D eigenvalue weighted by molar-refractivity contribution is 6.01. The molecule has 1 N–H and O–H groups in total. The van der Waals surface area contributed by atoms with Gasteiger partial charge in [-0.3, -0.25) is 10.1 Å². The molecule has 2 atom stereocenters. The third-order valence-corrected chi connectivity index (χ3v) is 4.44. The van der Waals surface area contributed by atoms with Gasteiger partial charge in [-0.25, -0.2) is 0 Å². The number of nitro groups is 1. The van der Waals surface area contributed by atoms with Crippen LogP contribution in [-0.2, 0) is 0 Å². The van der Waals surface area contributed by atoms with Gasteiger partial charge in [-0.05, 0) is 24.0 Å². The third kappa shape index (κ3) is 1.48. The number of benzene rings is 2. The summed E-state index contributed by atoms with van der Waals surface area (Å²) in [6.07, 6.45) is 5.44. The van der Waals surface area contributed by atoms with Crippen molar-refractivity contribution in [2.45, 2.75) is 12.3 Å². The molecule has 1 aliphatic carbocycles. The van der Waals surface area contributed by atoms with Crippen molar-refractivity contribution in [2.24, 2.45) is 5.92 Å². The van der Waals surface area contributed by atoms with Crippen molar-refractivity contribution in [3.63, 3.8) is 0 Å². The van der Waals surface area contributed by atoms with Crippen molar-refractivity contribution in [2.75, 3.05) is 11.9 Å². The molecule has 20 heavy (non-hydrogen) atoms. The fraction of sp³-hybridized carbons (Fsp3) is 0.250. The van der Waals surface area contributed by atoms with Crippen LogP contribution in [-0.4, -0.2) is 11.5 Å². The minimum absolute atomic E-state index is 0.210. The van der Waals surface area contributed by atoms with Gasteiger partial charge in [-0.2, -0.15) is 0 Å². The van der Waals surface area contributed by atoms with Gasteiger partial charge in [0.1, 0.15) is 0 Å². The summed E-state index contributed by atoms with van der Waals surface area (Å²) in [4.78, 5) is 11.1. The monoisotopic (exact) mass is 266 g/mol. The standard InChI is InChI=1S/C16H14N2O2/c19-18(20)15-8-14-11-7-3-4-10(11)9-17-16(14)13-6-2-1-5-12(13)15/h1-3,5-8,10-11,17H,4,9H2/t10-,11-/m0/s1. The molecule has 0 fully saturated rings. The molecule has 1 heterocycles. The molecule has 100 valence electrons. The van der Waals surface area contributed by atoms with Gasteiger partial charge in [0, 0.05) is 29.6 Å². The second-order valence-corrected chi connectivity index (χ2v) is 5.49. The zero-order chi connectivity index (χ0) is 13.7. The van der Waals surface area contributed by atoms with Crippen LogP contribution in [0.5, 0.6) is 0 Å². The zero-order valence-corrected chi connectivity index (χ0v) is 10.9. The molecule has 0 saturated heterocycles. The number of nitrogens with zero attached hydrogens (tertiary/aromatic N) is 1. The van der Waals surface area contributed by atoms with Gasteiger partial charge < -0.3 is 5.32 Å². The van der Waals surface area contributed by atoms with E-state index in [9.17, 15) is 10.1 Å². The molecule has 2 aromatic rings. The Bertz CT molecular complexity index is 751. The second kappa shape index (κ2) is 4.07. The number of allylic oxidation sites excluding steroid dienone is 2. The molecule has 0 spiro atoms. The minimum atomic E-state index is -0.273. The van der Waals surface area contributed by atoms with Crippen LogP contribution < -0.4 is 5.32 Å². The minimum Gasteiger partial charge on any atom is -0.384 e. The summed E-state index contributed by atoms with van der Waals surface area (Å²) in [5, 5.41) is 16.5. The Labute approximate surface area is 116 Å². The molecule has 2 aromatic carbocycles. The molecule has 1 aliphatic heterocycles. The molecular weight excluding hydrogens is 252 g/mol. The Morgan fingerprint density at radius 1 is 1.25 bits per heavy atom. The number of nitro benzene ring substituents is 1. The smallest absolute Gasteiger partial charge is 0.277 e. The van der Waals surface area contributed by atoms with Crippen LogP contribution in [0.3, 0.4) is 0 Å². The number of hydrogen-bond acceptors (Lipinski definition) is 3. The lowest BCUT2D eigenvalue weighted by Gasteiger charge is -2.30. The molecule has 4 rings (SSSR count). The average Bonchev–Trinajstić information content (AvgIpc) is 2.94. The number of hydrogen-bond donors (Lipinski definition) is 1. The summed E-state index contributed by atoms with van der Waals surface area (Å²) in [7, 11) is 0. The molecule has 0 radical (unpaired) electrons. The molecule has 0 amide bonds. The number of rotatable bonds is 1. The average molecular weight is 266 g/mol. The summed E-state index contributed by atoms with van der Waals surface area (Å²) in [5.74, 6) is 0.845. The van der Waals surface area contributed by atoms with E-state index in [2.05, 4.69) is 17.5 Å². The van der Waals surface area contributed by atoms with Crippen LogP contribution in [0.15, 0.2) is 42.5 Å². The van der Waals surface area contributed by atoms with Gasteiger partial charge in [0.15, 0.2) is 0 Å². The van der Waals surface area contributed by atoms with Gasteiger partial charge >= 0.3 is 0 Å². The van der Waals surface area contributed by atoms with Crippen molar-refractivity contribution in [1.82, 2.24) is 0 Å². The number of fused-ring (bicyclic) bond motifs is 5. The van der Waals surface area contributed by atoms with Gasteiger partial charge in [0.25, 0.3) is 5.69 Å². The van der Waals surface area contributed by atoms with E-state index in [0.717, 1.165) is 29.6 Å².